The summed E-state index contributed by atoms with van der Waals surface area (Å²) in [5.41, 5.74) is 0.162. The van der Waals surface area contributed by atoms with Gasteiger partial charge in [-0.3, -0.25) is 4.79 Å². The van der Waals surface area contributed by atoms with Crippen LogP contribution >= 0.6 is 11.3 Å². The van der Waals surface area contributed by atoms with E-state index in [1.807, 2.05) is 0 Å². The number of ether oxygens (including phenoxy) is 2. The van der Waals surface area contributed by atoms with E-state index in [1.54, 1.807) is 0 Å². The van der Waals surface area contributed by atoms with Crippen molar-refractivity contribution in [1.82, 2.24) is 0 Å². The Morgan fingerprint density at radius 2 is 1.79 bits per heavy atom. The van der Waals surface area contributed by atoms with Crippen LogP contribution in [0.4, 0.5) is 18.2 Å². The smallest absolute Gasteiger partial charge is 0.416 e. The van der Waals surface area contributed by atoms with E-state index in [0.717, 1.165) is 54.0 Å². The molecular formula is C19H16F3NO5S. The first-order valence-corrected chi connectivity index (χ1v) is 9.39. The van der Waals surface area contributed by atoms with Gasteiger partial charge < -0.3 is 14.8 Å². The molecule has 1 aliphatic rings. The fourth-order valence-electron chi connectivity index (χ4n) is 2.98. The van der Waals surface area contributed by atoms with Gasteiger partial charge >= 0.3 is 18.1 Å². The number of rotatable bonds is 5. The predicted molar refractivity (Wildman–Crippen MR) is 98.0 cm³/mol. The summed E-state index contributed by atoms with van der Waals surface area (Å²) in [7, 11) is 1.25. The number of amides is 1. The lowest BCUT2D eigenvalue weighted by atomic mass is 10.1. The van der Waals surface area contributed by atoms with Crippen LogP contribution in [0.25, 0.3) is 0 Å². The van der Waals surface area contributed by atoms with Gasteiger partial charge in [0.1, 0.15) is 5.00 Å². The lowest BCUT2D eigenvalue weighted by Gasteiger charge is -2.09. The predicted octanol–water partition coefficient (Wildman–Crippen LogP) is 3.84. The Morgan fingerprint density at radius 1 is 1.10 bits per heavy atom. The van der Waals surface area contributed by atoms with Crippen LogP contribution in [0.3, 0.4) is 0 Å². The van der Waals surface area contributed by atoms with Crippen molar-refractivity contribution in [3.63, 3.8) is 0 Å². The summed E-state index contributed by atoms with van der Waals surface area (Å²) in [6.07, 6.45) is -2.07. The number of halogens is 3. The van der Waals surface area contributed by atoms with Crippen molar-refractivity contribution in [2.75, 3.05) is 19.0 Å². The highest BCUT2D eigenvalue weighted by molar-refractivity contribution is 7.17. The number of methoxy groups -OCH3 is 1. The van der Waals surface area contributed by atoms with E-state index in [9.17, 15) is 27.6 Å². The molecule has 1 N–H and O–H groups in total. The number of hydrogen-bond donors (Lipinski definition) is 1. The topological polar surface area (TPSA) is 81.7 Å². The molecule has 10 heteroatoms. The molecule has 0 radical (unpaired) electrons. The molecule has 0 atom stereocenters. The average molecular weight is 427 g/mol. The Balaban J connectivity index is 1.62. The Hall–Kier alpha value is -2.88. The van der Waals surface area contributed by atoms with Crippen molar-refractivity contribution in [3.05, 3.63) is 51.4 Å². The number of thiophene rings is 1. The van der Waals surface area contributed by atoms with E-state index in [2.05, 4.69) is 5.32 Å². The number of anilines is 1. The molecule has 0 fully saturated rings. The Labute approximate surface area is 167 Å². The minimum Gasteiger partial charge on any atom is -0.465 e. The third kappa shape index (κ3) is 4.58. The highest BCUT2D eigenvalue weighted by atomic mass is 32.1. The van der Waals surface area contributed by atoms with Gasteiger partial charge in [-0.1, -0.05) is 0 Å². The molecule has 0 unspecified atom stereocenters. The zero-order valence-electron chi connectivity index (χ0n) is 15.2. The van der Waals surface area contributed by atoms with Gasteiger partial charge in [0.05, 0.1) is 23.8 Å². The summed E-state index contributed by atoms with van der Waals surface area (Å²) in [5, 5.41) is 2.87. The molecule has 1 aromatic heterocycles. The lowest BCUT2D eigenvalue weighted by Crippen LogP contribution is -2.21. The van der Waals surface area contributed by atoms with Gasteiger partial charge in [0.15, 0.2) is 6.61 Å². The number of nitrogens with one attached hydrogen (secondary N) is 1. The van der Waals surface area contributed by atoms with Gasteiger partial charge in [-0.15, -0.1) is 11.3 Å². The van der Waals surface area contributed by atoms with Crippen molar-refractivity contribution >= 4 is 34.2 Å². The molecule has 0 spiro atoms. The van der Waals surface area contributed by atoms with E-state index in [-0.39, 0.29) is 5.56 Å². The molecule has 0 bridgehead atoms. The Morgan fingerprint density at radius 3 is 2.41 bits per heavy atom. The summed E-state index contributed by atoms with van der Waals surface area (Å²) in [4.78, 5) is 37.1. The normalized spacial score (nSPS) is 13.0. The molecule has 154 valence electrons. The number of carbonyl (C=O) groups excluding carboxylic acids is 3. The van der Waals surface area contributed by atoms with Gasteiger partial charge in [-0.05, 0) is 49.1 Å². The van der Waals surface area contributed by atoms with Gasteiger partial charge in [0.2, 0.25) is 0 Å². The van der Waals surface area contributed by atoms with Crippen LogP contribution in [-0.2, 0) is 33.3 Å². The summed E-state index contributed by atoms with van der Waals surface area (Å²) < 4.78 is 47.3. The van der Waals surface area contributed by atoms with Gasteiger partial charge in [0.25, 0.3) is 5.91 Å². The number of hydrogen-bond acceptors (Lipinski definition) is 6. The van der Waals surface area contributed by atoms with E-state index >= 15 is 0 Å². The molecule has 1 heterocycles. The number of alkyl halides is 3. The molecule has 1 amide bonds. The van der Waals surface area contributed by atoms with Crippen LogP contribution < -0.4 is 5.32 Å². The fourth-order valence-corrected chi connectivity index (χ4v) is 4.28. The van der Waals surface area contributed by atoms with Crippen molar-refractivity contribution < 1.29 is 37.0 Å². The van der Waals surface area contributed by atoms with Crippen molar-refractivity contribution in [1.29, 1.82) is 0 Å². The standard InChI is InChI=1S/C19H16F3NO5S/c1-27-18(26)15-12-3-2-4-13(12)29-16(15)23-14(24)9-28-17(25)10-5-7-11(8-6-10)19(20,21)22/h5-8H,2-4,9H2,1H3,(H,23,24). The SMILES string of the molecule is COC(=O)c1c(NC(=O)COC(=O)c2ccc(C(F)(F)F)cc2)sc2c1CCC2. The summed E-state index contributed by atoms with van der Waals surface area (Å²) >= 11 is 1.28. The van der Waals surface area contributed by atoms with Crippen molar-refractivity contribution in [2.24, 2.45) is 0 Å². The first-order valence-electron chi connectivity index (χ1n) is 8.57. The van der Waals surface area contributed by atoms with E-state index < -0.39 is 36.2 Å². The zero-order chi connectivity index (χ0) is 21.2. The number of esters is 2. The second-order valence-electron chi connectivity index (χ2n) is 6.25. The maximum atomic E-state index is 12.6. The van der Waals surface area contributed by atoms with Crippen LogP contribution in [0.2, 0.25) is 0 Å². The highest BCUT2D eigenvalue weighted by Crippen LogP contribution is 2.39. The molecule has 0 aliphatic heterocycles. The van der Waals surface area contributed by atoms with Crippen LogP contribution in [0.15, 0.2) is 24.3 Å². The van der Waals surface area contributed by atoms with E-state index in [0.29, 0.717) is 10.6 Å². The lowest BCUT2D eigenvalue weighted by molar-refractivity contribution is -0.137. The molecule has 2 aromatic rings. The quantitative estimate of drug-likeness (QED) is 0.734. The Bertz CT molecular complexity index is 950. The maximum absolute atomic E-state index is 12.6. The monoisotopic (exact) mass is 427 g/mol. The number of fused-ring (bicyclic) bond motifs is 1. The molecule has 0 saturated heterocycles. The van der Waals surface area contributed by atoms with Gasteiger partial charge in [0, 0.05) is 4.88 Å². The van der Waals surface area contributed by atoms with E-state index in [4.69, 9.17) is 9.47 Å². The number of aryl methyl sites for hydroxylation is 1. The molecule has 29 heavy (non-hydrogen) atoms. The third-order valence-electron chi connectivity index (χ3n) is 4.35. The highest BCUT2D eigenvalue weighted by Gasteiger charge is 2.30. The molecule has 1 aromatic carbocycles. The maximum Gasteiger partial charge on any atom is 0.416 e. The summed E-state index contributed by atoms with van der Waals surface area (Å²) in [5.74, 6) is -2.16. The summed E-state index contributed by atoms with van der Waals surface area (Å²) in [6, 6.07) is 3.46. The zero-order valence-corrected chi connectivity index (χ0v) is 16.0. The summed E-state index contributed by atoms with van der Waals surface area (Å²) in [6.45, 7) is -0.650. The third-order valence-corrected chi connectivity index (χ3v) is 5.55. The average Bonchev–Trinajstić information content (AvgIpc) is 3.25. The van der Waals surface area contributed by atoms with Crippen LogP contribution in [-0.4, -0.2) is 31.6 Å². The van der Waals surface area contributed by atoms with Crippen LogP contribution in [0.1, 0.15) is 43.1 Å². The first-order chi connectivity index (χ1) is 13.7. The van der Waals surface area contributed by atoms with Crippen LogP contribution in [0, 0.1) is 0 Å². The van der Waals surface area contributed by atoms with Gasteiger partial charge in [-0.2, -0.15) is 13.2 Å². The minimum atomic E-state index is -4.51. The largest absolute Gasteiger partial charge is 0.465 e. The molecule has 1 aliphatic carbocycles. The number of benzene rings is 1. The second kappa shape index (κ2) is 8.24. The minimum absolute atomic E-state index is 0.115. The van der Waals surface area contributed by atoms with Crippen molar-refractivity contribution in [3.8, 4) is 0 Å². The molecular weight excluding hydrogens is 411 g/mol. The fraction of sp³-hybridized carbons (Fsp3) is 0.316. The number of carbonyl (C=O) groups is 3. The van der Waals surface area contributed by atoms with Gasteiger partial charge in [-0.25, -0.2) is 9.59 Å². The van der Waals surface area contributed by atoms with E-state index in [1.165, 1.54) is 18.4 Å². The Kier molecular flexibility index (Phi) is 5.92. The molecule has 0 saturated carbocycles. The van der Waals surface area contributed by atoms with Crippen molar-refractivity contribution in [2.45, 2.75) is 25.4 Å². The molecule has 3 rings (SSSR count). The second-order valence-corrected chi connectivity index (χ2v) is 7.36. The molecule has 6 nitrogen and oxygen atoms in total. The van der Waals surface area contributed by atoms with Crippen LogP contribution in [0.5, 0.6) is 0 Å². The first kappa shape index (κ1) is 20.8.